The lowest BCUT2D eigenvalue weighted by Gasteiger charge is -2.34. The molecule has 2 unspecified atom stereocenters. The number of nitrogens with one attached hydrogen (secondary N) is 3. The fourth-order valence-corrected chi connectivity index (χ4v) is 5.47. The van der Waals surface area contributed by atoms with Crippen LogP contribution in [-0.2, 0) is 13.0 Å². The van der Waals surface area contributed by atoms with Crippen LogP contribution in [0.1, 0.15) is 35.7 Å². The van der Waals surface area contributed by atoms with Crippen LogP contribution in [0, 0.1) is 0 Å². The number of hydrogen-bond donors (Lipinski definition) is 3. The number of hydrogen-bond acceptors (Lipinski definition) is 5. The van der Waals surface area contributed by atoms with Gasteiger partial charge in [0.1, 0.15) is 5.65 Å². The summed E-state index contributed by atoms with van der Waals surface area (Å²) in [6, 6.07) is 10.0. The summed E-state index contributed by atoms with van der Waals surface area (Å²) >= 11 is 6.45. The van der Waals surface area contributed by atoms with Crippen molar-refractivity contribution < 1.29 is 4.79 Å². The highest BCUT2D eigenvalue weighted by atomic mass is 35.5. The lowest BCUT2D eigenvalue weighted by Crippen LogP contribution is -2.51. The van der Waals surface area contributed by atoms with Gasteiger partial charge in [-0.3, -0.25) is 4.79 Å². The second kappa shape index (κ2) is 9.23. The minimum absolute atomic E-state index is 0.151. The van der Waals surface area contributed by atoms with Gasteiger partial charge in [0.25, 0.3) is 5.91 Å². The Hall–Kier alpha value is -2.77. The highest BCUT2D eigenvalue weighted by molar-refractivity contribution is 6.37. The van der Waals surface area contributed by atoms with Crippen LogP contribution in [0.15, 0.2) is 36.7 Å². The Morgan fingerprint density at radius 1 is 1.21 bits per heavy atom. The molecule has 5 rings (SSSR count). The molecular formula is C25H31ClN6O. The van der Waals surface area contributed by atoms with E-state index in [4.69, 9.17) is 11.6 Å². The second-order valence-electron chi connectivity index (χ2n) is 8.97. The van der Waals surface area contributed by atoms with Gasteiger partial charge in [-0.25, -0.2) is 4.98 Å². The van der Waals surface area contributed by atoms with E-state index in [9.17, 15) is 4.79 Å². The molecule has 0 spiro atoms. The van der Waals surface area contributed by atoms with Crippen LogP contribution in [-0.4, -0.2) is 54.2 Å². The van der Waals surface area contributed by atoms with Crippen molar-refractivity contribution >= 4 is 39.9 Å². The molecule has 7 nitrogen and oxygen atoms in total. The maximum atomic E-state index is 12.9. The Kier molecular flexibility index (Phi) is 6.17. The number of carbonyl (C=O) groups excluding carboxylic acids is 1. The number of aromatic nitrogens is 2. The molecule has 2 saturated heterocycles. The minimum atomic E-state index is -0.151. The number of benzene rings is 1. The average molecular weight is 467 g/mol. The normalized spacial score (nSPS) is 19.8. The zero-order valence-electron chi connectivity index (χ0n) is 19.2. The molecule has 0 aliphatic carbocycles. The first-order valence-corrected chi connectivity index (χ1v) is 12.2. The van der Waals surface area contributed by atoms with Gasteiger partial charge in [0, 0.05) is 63.4 Å². The maximum Gasteiger partial charge on any atom is 0.254 e. The molecule has 3 aromatic rings. The van der Waals surface area contributed by atoms with Crippen LogP contribution < -0.4 is 20.9 Å². The molecule has 0 saturated carbocycles. The Labute approximate surface area is 199 Å². The first kappa shape index (κ1) is 22.0. The second-order valence-corrected chi connectivity index (χ2v) is 9.38. The average Bonchev–Trinajstić information content (AvgIpc) is 3.36. The first-order chi connectivity index (χ1) is 16.1. The molecule has 2 aromatic heterocycles. The van der Waals surface area contributed by atoms with Crippen LogP contribution in [0.25, 0.3) is 11.0 Å². The maximum absolute atomic E-state index is 12.9. The third-order valence-electron chi connectivity index (χ3n) is 6.89. The zero-order valence-corrected chi connectivity index (χ0v) is 20.0. The Morgan fingerprint density at radius 3 is 2.61 bits per heavy atom. The topological polar surface area (TPSA) is 74.2 Å². The Balaban J connectivity index is 1.22. The fourth-order valence-electron chi connectivity index (χ4n) is 5.18. The predicted octanol–water partition coefficient (Wildman–Crippen LogP) is 3.66. The highest BCUT2D eigenvalue weighted by Crippen LogP contribution is 2.33. The molecule has 2 atom stereocenters. The molecule has 174 valence electrons. The number of pyridine rings is 1. The number of halogens is 1. The number of amides is 1. The van der Waals surface area contributed by atoms with Crippen molar-refractivity contribution in [2.24, 2.45) is 0 Å². The van der Waals surface area contributed by atoms with Crippen molar-refractivity contribution in [3.63, 3.8) is 0 Å². The van der Waals surface area contributed by atoms with E-state index in [2.05, 4.69) is 50.1 Å². The number of piperazine rings is 1. The molecule has 8 heteroatoms. The summed E-state index contributed by atoms with van der Waals surface area (Å²) in [7, 11) is 1.80. The summed E-state index contributed by atoms with van der Waals surface area (Å²) in [5.74, 6) is -0.151. The molecule has 3 N–H and O–H groups in total. The molecule has 1 aromatic carbocycles. The van der Waals surface area contributed by atoms with Gasteiger partial charge < -0.3 is 25.4 Å². The Morgan fingerprint density at radius 2 is 1.94 bits per heavy atom. The molecule has 2 bridgehead atoms. The lowest BCUT2D eigenvalue weighted by atomic mass is 10.1. The predicted molar refractivity (Wildman–Crippen MR) is 135 cm³/mol. The largest absolute Gasteiger partial charge is 0.387 e. The van der Waals surface area contributed by atoms with Gasteiger partial charge >= 0.3 is 0 Å². The van der Waals surface area contributed by atoms with E-state index in [0.717, 1.165) is 37.1 Å². The van der Waals surface area contributed by atoms with Gasteiger partial charge in [0.05, 0.1) is 21.7 Å². The van der Waals surface area contributed by atoms with Crippen molar-refractivity contribution in [2.75, 3.05) is 36.9 Å². The van der Waals surface area contributed by atoms with Crippen LogP contribution in [0.2, 0.25) is 5.02 Å². The van der Waals surface area contributed by atoms with Crippen molar-refractivity contribution in [1.82, 2.24) is 20.2 Å². The summed E-state index contributed by atoms with van der Waals surface area (Å²) in [5, 5.41) is 11.2. The van der Waals surface area contributed by atoms with E-state index in [1.807, 2.05) is 17.7 Å². The molecule has 2 fully saturated rings. The molecule has 2 aliphatic heterocycles. The highest BCUT2D eigenvalue weighted by Gasteiger charge is 2.32. The SMILES string of the molecule is CCn1cc(Cl)c2c(NC)c(C(=O)NCCc3ccc(N4CC5CCC(C4)N5)cc3)cnc21. The standard InChI is InChI=1S/C25H31ClN6O/c1-3-31-15-21(26)22-23(27-2)20(12-29-24(22)31)25(33)28-11-10-16-4-8-19(9-5-16)32-13-17-6-7-18(14-32)30-17/h4-5,8-9,12,15,17-18,30H,3,6-7,10-11,13-14H2,1-2H3,(H,27,29)(H,28,33). The fraction of sp³-hybridized carbons (Fsp3) is 0.440. The number of nitrogens with zero attached hydrogens (tertiary/aromatic N) is 3. The van der Waals surface area contributed by atoms with Crippen molar-refractivity contribution in [2.45, 2.75) is 44.8 Å². The number of carbonyl (C=O) groups is 1. The number of fused-ring (bicyclic) bond motifs is 3. The molecule has 0 radical (unpaired) electrons. The summed E-state index contributed by atoms with van der Waals surface area (Å²) in [4.78, 5) is 19.9. The summed E-state index contributed by atoms with van der Waals surface area (Å²) < 4.78 is 1.98. The Bertz CT molecular complexity index is 1150. The number of rotatable bonds is 7. The van der Waals surface area contributed by atoms with Crippen LogP contribution in [0.5, 0.6) is 0 Å². The summed E-state index contributed by atoms with van der Waals surface area (Å²) in [5.41, 5.74) is 4.49. The van der Waals surface area contributed by atoms with Gasteiger partial charge in [0.15, 0.2) is 0 Å². The van der Waals surface area contributed by atoms with Crippen LogP contribution in [0.4, 0.5) is 11.4 Å². The molecular weight excluding hydrogens is 436 g/mol. The van der Waals surface area contributed by atoms with Crippen molar-refractivity contribution in [3.8, 4) is 0 Å². The number of aryl methyl sites for hydroxylation is 1. The third-order valence-corrected chi connectivity index (χ3v) is 7.18. The minimum Gasteiger partial charge on any atom is -0.387 e. The lowest BCUT2D eigenvalue weighted by molar-refractivity contribution is 0.0954. The van der Waals surface area contributed by atoms with Crippen molar-refractivity contribution in [1.29, 1.82) is 0 Å². The van der Waals surface area contributed by atoms with E-state index in [1.165, 1.54) is 24.1 Å². The first-order valence-electron chi connectivity index (χ1n) is 11.8. The molecule has 2 aliphatic rings. The van der Waals surface area contributed by atoms with E-state index in [-0.39, 0.29) is 5.91 Å². The van der Waals surface area contributed by atoms with E-state index >= 15 is 0 Å². The van der Waals surface area contributed by atoms with Crippen LogP contribution >= 0.6 is 11.6 Å². The van der Waals surface area contributed by atoms with E-state index < -0.39 is 0 Å². The zero-order chi connectivity index (χ0) is 22.9. The van der Waals surface area contributed by atoms with Gasteiger partial charge in [-0.05, 0) is 43.9 Å². The van der Waals surface area contributed by atoms with Gasteiger partial charge in [-0.15, -0.1) is 0 Å². The van der Waals surface area contributed by atoms with Gasteiger partial charge in [-0.1, -0.05) is 23.7 Å². The molecule has 4 heterocycles. The van der Waals surface area contributed by atoms with Crippen LogP contribution in [0.3, 0.4) is 0 Å². The molecule has 33 heavy (non-hydrogen) atoms. The number of anilines is 2. The quantitative estimate of drug-likeness (QED) is 0.495. The summed E-state index contributed by atoms with van der Waals surface area (Å²) in [6.45, 7) is 5.53. The van der Waals surface area contributed by atoms with Gasteiger partial charge in [-0.2, -0.15) is 0 Å². The third kappa shape index (κ3) is 4.27. The van der Waals surface area contributed by atoms with E-state index in [1.54, 1.807) is 13.2 Å². The van der Waals surface area contributed by atoms with Crippen molar-refractivity contribution in [3.05, 3.63) is 52.8 Å². The smallest absolute Gasteiger partial charge is 0.254 e. The van der Waals surface area contributed by atoms with Gasteiger partial charge in [0.2, 0.25) is 0 Å². The molecule has 1 amide bonds. The summed E-state index contributed by atoms with van der Waals surface area (Å²) in [6.07, 6.45) is 6.83. The van der Waals surface area contributed by atoms with E-state index in [0.29, 0.717) is 34.9 Å². The monoisotopic (exact) mass is 466 g/mol.